The molecule has 16 bridgehead atoms. The van der Waals surface area contributed by atoms with Crippen LogP contribution in [0.5, 0.6) is 0 Å². The molecule has 2 saturated heterocycles. The quantitative estimate of drug-likeness (QED) is 0.103. The van der Waals surface area contributed by atoms with Gasteiger partial charge in [0, 0.05) is 117 Å². The first kappa shape index (κ1) is 53.6. The molecular weight excluding hydrogens is 1020 g/mol. The van der Waals surface area contributed by atoms with Gasteiger partial charge in [0.25, 0.3) is 0 Å². The predicted molar refractivity (Wildman–Crippen MR) is 325 cm³/mol. The molecule has 14 heteroatoms. The number of hydrogen-bond acceptors (Lipinski definition) is 14. The number of rotatable bonds is 13. The van der Waals surface area contributed by atoms with Crippen molar-refractivity contribution >= 4 is 46.2 Å². The Kier molecular flexibility index (Phi) is 13.4. The van der Waals surface area contributed by atoms with Gasteiger partial charge in [-0.2, -0.15) is 0 Å². The van der Waals surface area contributed by atoms with E-state index in [4.69, 9.17) is 39.4 Å². The number of esters is 2. The van der Waals surface area contributed by atoms with Gasteiger partial charge in [-0.15, -0.1) is 0 Å². The molecule has 10 heterocycles. The van der Waals surface area contributed by atoms with Crippen LogP contribution in [0.3, 0.4) is 0 Å². The average molecular weight is 1090 g/mol. The molecule has 12 aliphatic rings. The van der Waals surface area contributed by atoms with Gasteiger partial charge in [-0.3, -0.25) is 9.59 Å². The van der Waals surface area contributed by atoms with Gasteiger partial charge in [0.15, 0.2) is 0 Å². The second-order valence-corrected chi connectivity index (χ2v) is 22.6. The molecule has 0 spiro atoms. The van der Waals surface area contributed by atoms with Crippen molar-refractivity contribution in [2.24, 2.45) is 53.6 Å². The van der Waals surface area contributed by atoms with E-state index in [1.165, 1.54) is 0 Å². The number of allylic oxidation sites excluding steroid dienone is 24. The highest BCUT2D eigenvalue weighted by Crippen LogP contribution is 2.49. The van der Waals surface area contributed by atoms with Crippen LogP contribution in [0.15, 0.2) is 264 Å². The van der Waals surface area contributed by atoms with E-state index in [2.05, 4.69) is 62.9 Å². The zero-order chi connectivity index (χ0) is 57.7. The molecule has 10 aliphatic heterocycles. The molecule has 4 N–H and O–H groups in total. The molecule has 4 atom stereocenters. The van der Waals surface area contributed by atoms with Crippen molar-refractivity contribution in [2.75, 3.05) is 13.2 Å². The van der Waals surface area contributed by atoms with Crippen LogP contribution >= 0.6 is 0 Å². The topological polar surface area (TPSA) is 191 Å². The standard InChI is InChI=1S/C68H66N8O6/c1-13-39-31(5)47-25-51-35(9)43(65(73-51)45-23-59(77)63-37(11)53(75-67(45)63)29-57-41(15-3)33(7)49(71-57)27-55(39)69-47)17-19-61(79)81-21-22-82-62(80)20-18-44-36(10)52-26-48-32(6)40(14-2)56(70-48)28-50-34(8)42(16-4)58(72-50)30-54-38(12)64-60(78)24-46(66(44)74-52)68(64)76-54/h13-16,25-30,35-36,43-44,73-74,77-78H,1-4,17-24H2,5-12H3/t35-,36-,43-,44-/m0/s1. The minimum Gasteiger partial charge on any atom is -0.511 e. The molecule has 0 radical (unpaired) electrons. The Balaban J connectivity index is 0.743. The summed E-state index contributed by atoms with van der Waals surface area (Å²) in [7, 11) is 0. The first-order valence-electron chi connectivity index (χ1n) is 28.2. The van der Waals surface area contributed by atoms with Crippen molar-refractivity contribution in [3.63, 3.8) is 0 Å². The van der Waals surface area contributed by atoms with Crippen LogP contribution in [0.4, 0.5) is 0 Å². The predicted octanol–water partition coefficient (Wildman–Crippen LogP) is 12.9. The Morgan fingerprint density at radius 3 is 1.18 bits per heavy atom. The van der Waals surface area contributed by atoms with Crippen LogP contribution < -0.4 is 10.6 Å². The van der Waals surface area contributed by atoms with Gasteiger partial charge < -0.3 is 30.3 Å². The third kappa shape index (κ3) is 8.69. The summed E-state index contributed by atoms with van der Waals surface area (Å²) in [6.07, 6.45) is 21.0. The molecule has 14 nitrogen and oxygen atoms in total. The maximum atomic E-state index is 13.6. The maximum Gasteiger partial charge on any atom is 0.305 e. The van der Waals surface area contributed by atoms with Crippen molar-refractivity contribution < 1.29 is 29.3 Å². The van der Waals surface area contributed by atoms with E-state index in [9.17, 15) is 19.8 Å². The Morgan fingerprint density at radius 1 is 0.512 bits per heavy atom. The van der Waals surface area contributed by atoms with E-state index in [1.54, 1.807) is 0 Å². The number of aliphatic hydroxyl groups excluding tert-OH is 2. The molecule has 2 aliphatic carbocycles. The summed E-state index contributed by atoms with van der Waals surface area (Å²) in [4.78, 5) is 57.8. The fourth-order valence-corrected chi connectivity index (χ4v) is 13.3. The fraction of sp³-hybridized carbons (Fsp3) is 0.294. The van der Waals surface area contributed by atoms with Gasteiger partial charge in [-0.05, 0) is 124 Å². The lowest BCUT2D eigenvalue weighted by Gasteiger charge is -2.18. The van der Waals surface area contributed by atoms with Crippen molar-refractivity contribution in [2.45, 2.75) is 93.9 Å². The van der Waals surface area contributed by atoms with E-state index in [-0.39, 0.29) is 61.2 Å². The first-order chi connectivity index (χ1) is 39.4. The highest BCUT2D eigenvalue weighted by molar-refractivity contribution is 6.23. The monoisotopic (exact) mass is 1090 g/mol. The molecule has 82 heavy (non-hydrogen) atoms. The van der Waals surface area contributed by atoms with E-state index in [1.807, 2.05) is 90.2 Å². The van der Waals surface area contributed by atoms with Crippen molar-refractivity contribution in [1.82, 2.24) is 10.6 Å². The van der Waals surface area contributed by atoms with Crippen LogP contribution in [-0.4, -0.2) is 69.6 Å². The molecule has 0 aromatic rings. The Bertz CT molecular complexity index is 3700. The number of nitrogens with one attached hydrogen (secondary N) is 2. The summed E-state index contributed by atoms with van der Waals surface area (Å²) >= 11 is 0. The second kappa shape index (κ2) is 20.5. The lowest BCUT2D eigenvalue weighted by atomic mass is 9.86. The molecule has 0 aromatic carbocycles. The summed E-state index contributed by atoms with van der Waals surface area (Å²) in [5.41, 5.74) is 25.2. The van der Waals surface area contributed by atoms with Gasteiger partial charge in [0.2, 0.25) is 0 Å². The van der Waals surface area contributed by atoms with Crippen LogP contribution in [0.1, 0.15) is 93.9 Å². The van der Waals surface area contributed by atoms with Crippen LogP contribution in [0.2, 0.25) is 0 Å². The normalized spacial score (nSPS) is 25.0. The summed E-state index contributed by atoms with van der Waals surface area (Å²) in [6, 6.07) is 0. The van der Waals surface area contributed by atoms with Crippen molar-refractivity contribution in [1.29, 1.82) is 0 Å². The Labute approximate surface area is 478 Å². The van der Waals surface area contributed by atoms with Crippen molar-refractivity contribution in [3.8, 4) is 0 Å². The Hall–Kier alpha value is -9.04. The van der Waals surface area contributed by atoms with Crippen LogP contribution in [0.25, 0.3) is 0 Å². The van der Waals surface area contributed by atoms with E-state index >= 15 is 0 Å². The van der Waals surface area contributed by atoms with E-state index in [0.717, 1.165) is 146 Å². The number of ether oxygens (including phenoxy) is 2. The molecule has 0 aromatic heterocycles. The number of nitrogens with zero attached hydrogens (tertiary/aromatic N) is 6. The average Bonchev–Trinajstić information content (AvgIpc) is 3.46. The molecule has 414 valence electrons. The third-order valence-electron chi connectivity index (χ3n) is 18.1. The highest BCUT2D eigenvalue weighted by atomic mass is 16.6. The summed E-state index contributed by atoms with van der Waals surface area (Å²) in [5.74, 6) is -0.768. The highest BCUT2D eigenvalue weighted by Gasteiger charge is 2.44. The second-order valence-electron chi connectivity index (χ2n) is 22.6. The lowest BCUT2D eigenvalue weighted by molar-refractivity contribution is -0.152. The molecular formula is C68H66N8O6. The van der Waals surface area contributed by atoms with Gasteiger partial charge in [-0.25, -0.2) is 30.0 Å². The Morgan fingerprint density at radius 2 is 0.841 bits per heavy atom. The van der Waals surface area contributed by atoms with Crippen molar-refractivity contribution in [3.05, 3.63) is 234 Å². The SMILES string of the molecule is C=CC1=C(C)C2=NC1=CC1=C(C)C3=C(O)CC(=C4NC(=CC5=NC(=C2)C(C=C)=C5C)[C@@H](C)[C@@H]4CCC(=O)OCCOC(=O)CC[C@@H]2C4=C5CC(O)=C6C5=NC(=C6C)C=C5N=C(C=C6N=C(C=C(N4)[C@H]2C)C(C)=C6C=C)C(C)=C5C=C)C3=N1. The molecule has 0 unspecified atom stereocenters. The van der Waals surface area contributed by atoms with Crippen LogP contribution in [-0.2, 0) is 19.1 Å². The summed E-state index contributed by atoms with van der Waals surface area (Å²) in [5, 5.41) is 30.6. The van der Waals surface area contributed by atoms with Gasteiger partial charge in [0.05, 0.1) is 68.5 Å². The van der Waals surface area contributed by atoms with Gasteiger partial charge in [-0.1, -0.05) is 64.5 Å². The zero-order valence-corrected chi connectivity index (χ0v) is 47.8. The number of carbonyl (C=O) groups excluding carboxylic acids is 2. The zero-order valence-electron chi connectivity index (χ0n) is 47.8. The fourth-order valence-electron chi connectivity index (χ4n) is 13.3. The number of aliphatic hydroxyl groups is 2. The first-order valence-corrected chi connectivity index (χ1v) is 28.2. The summed E-state index contributed by atoms with van der Waals surface area (Å²) < 4.78 is 11.5. The van der Waals surface area contributed by atoms with E-state index in [0.29, 0.717) is 48.5 Å². The minimum atomic E-state index is -0.411. The maximum absolute atomic E-state index is 13.6. The van der Waals surface area contributed by atoms with Gasteiger partial charge >= 0.3 is 11.9 Å². The third-order valence-corrected chi connectivity index (χ3v) is 18.1. The summed E-state index contributed by atoms with van der Waals surface area (Å²) in [6.45, 7) is 32.6. The largest absolute Gasteiger partial charge is 0.511 e. The number of carbonyl (C=O) groups is 2. The molecule has 0 saturated carbocycles. The molecule has 0 amide bonds. The number of hydrogen-bond donors (Lipinski definition) is 4. The smallest absolute Gasteiger partial charge is 0.305 e. The number of fused-ring (bicyclic) bond motifs is 10. The minimum absolute atomic E-state index is 0.0666. The molecule has 12 rings (SSSR count). The van der Waals surface area contributed by atoms with Crippen LogP contribution in [0, 0.1) is 23.7 Å². The lowest BCUT2D eigenvalue weighted by Crippen LogP contribution is -2.18. The van der Waals surface area contributed by atoms with Gasteiger partial charge in [0.1, 0.15) is 24.7 Å². The molecule has 2 fully saturated rings. The number of aliphatic imine (C=N–C) groups is 6. The van der Waals surface area contributed by atoms with E-state index < -0.39 is 11.9 Å².